The molecule has 162 valence electrons. The molecule has 0 saturated carbocycles. The number of rotatable bonds is 7. The van der Waals surface area contributed by atoms with Crippen molar-refractivity contribution < 1.29 is 13.2 Å². The fourth-order valence-corrected chi connectivity index (χ4v) is 4.55. The van der Waals surface area contributed by atoms with Gasteiger partial charge in [-0.15, -0.1) is 0 Å². The molecule has 0 radical (unpaired) electrons. The number of carbonyl (C=O) groups is 1. The molecule has 0 aliphatic carbocycles. The average molecular weight is 438 g/mol. The molecule has 3 rings (SSSR count). The van der Waals surface area contributed by atoms with Gasteiger partial charge in [-0.05, 0) is 55.3 Å². The maximum atomic E-state index is 12.5. The van der Waals surface area contributed by atoms with Crippen molar-refractivity contribution in [1.29, 1.82) is 0 Å². The predicted octanol–water partition coefficient (Wildman–Crippen LogP) is 3.67. The van der Waals surface area contributed by atoms with E-state index in [0.717, 1.165) is 26.9 Å². The normalized spacial score (nSPS) is 11.9. The van der Waals surface area contributed by atoms with Crippen molar-refractivity contribution in [1.82, 2.24) is 14.2 Å². The zero-order valence-corrected chi connectivity index (χ0v) is 19.0. The van der Waals surface area contributed by atoms with Crippen LogP contribution in [-0.2, 0) is 21.4 Å². The molecule has 0 aliphatic heterocycles. The van der Waals surface area contributed by atoms with Crippen molar-refractivity contribution >= 4 is 22.0 Å². The Morgan fingerprint density at radius 3 is 2.35 bits per heavy atom. The maximum Gasteiger partial charge on any atom is 0.244 e. The van der Waals surface area contributed by atoms with Gasteiger partial charge in [0.05, 0.1) is 4.90 Å². The number of aryl methyl sites for hydroxylation is 1. The van der Waals surface area contributed by atoms with Gasteiger partial charge in [-0.25, -0.2) is 12.7 Å². The third-order valence-electron chi connectivity index (χ3n) is 5.08. The minimum atomic E-state index is -3.58. The molecule has 3 aromatic rings. The lowest BCUT2D eigenvalue weighted by Crippen LogP contribution is -2.26. The van der Waals surface area contributed by atoms with Gasteiger partial charge in [-0.1, -0.05) is 36.4 Å². The summed E-state index contributed by atoms with van der Waals surface area (Å²) < 4.78 is 28.3. The Morgan fingerprint density at radius 2 is 1.68 bits per heavy atom. The molecule has 0 fully saturated rings. The molecule has 0 saturated heterocycles. The van der Waals surface area contributed by atoms with Crippen molar-refractivity contribution in [3.05, 3.63) is 89.3 Å². The summed E-state index contributed by atoms with van der Waals surface area (Å²) in [4.78, 5) is 12.6. The zero-order chi connectivity index (χ0) is 22.6. The fraction of sp³-hybridized carbons (Fsp3) is 0.208. The number of benzene rings is 2. The summed E-state index contributed by atoms with van der Waals surface area (Å²) in [7, 11) is -0.613. The maximum absolute atomic E-state index is 12.5. The molecule has 0 bridgehead atoms. The number of amides is 1. The molecule has 2 aromatic carbocycles. The van der Waals surface area contributed by atoms with Crippen LogP contribution < -0.4 is 5.32 Å². The van der Waals surface area contributed by atoms with Crippen LogP contribution in [0.5, 0.6) is 0 Å². The highest BCUT2D eigenvalue weighted by molar-refractivity contribution is 7.89. The van der Waals surface area contributed by atoms with Crippen LogP contribution in [0.25, 0.3) is 11.8 Å². The summed E-state index contributed by atoms with van der Waals surface area (Å²) in [6.07, 6.45) is 3.25. The molecule has 1 heterocycles. The van der Waals surface area contributed by atoms with Crippen molar-refractivity contribution in [2.24, 2.45) is 0 Å². The third-order valence-corrected chi connectivity index (χ3v) is 7.00. The Morgan fingerprint density at radius 1 is 1.03 bits per heavy atom. The molecule has 0 unspecified atom stereocenters. The Labute approximate surface area is 183 Å². The van der Waals surface area contributed by atoms with E-state index in [1.165, 1.54) is 20.2 Å². The molecule has 1 N–H and O–H groups in total. The van der Waals surface area contributed by atoms with Gasteiger partial charge in [0, 0.05) is 43.8 Å². The number of aromatic nitrogens is 1. The van der Waals surface area contributed by atoms with Crippen LogP contribution in [0.3, 0.4) is 0 Å². The molecule has 0 spiro atoms. The molecule has 1 aromatic heterocycles. The summed E-state index contributed by atoms with van der Waals surface area (Å²) in [5, 5.41) is 2.78. The number of nitrogens with one attached hydrogen (secondary N) is 1. The van der Waals surface area contributed by atoms with Crippen molar-refractivity contribution in [2.75, 3.05) is 14.1 Å². The van der Waals surface area contributed by atoms with Crippen molar-refractivity contribution in [3.63, 3.8) is 0 Å². The summed E-state index contributed by atoms with van der Waals surface area (Å²) in [6, 6.07) is 18.7. The van der Waals surface area contributed by atoms with Crippen LogP contribution in [0.15, 0.2) is 71.6 Å². The standard InChI is InChI=1S/C24H27N3O3S/c1-18-16-20(19(2)27(18)22-11-6-5-7-12-22)14-15-24(28)25-17-21-10-8-9-13-23(21)31(29,30)26(3)4/h5-16H,17H2,1-4H3,(H,25,28). The monoisotopic (exact) mass is 437 g/mol. The lowest BCUT2D eigenvalue weighted by molar-refractivity contribution is -0.116. The summed E-state index contributed by atoms with van der Waals surface area (Å²) in [5.41, 5.74) is 4.68. The smallest absolute Gasteiger partial charge is 0.244 e. The van der Waals surface area contributed by atoms with E-state index < -0.39 is 10.0 Å². The predicted molar refractivity (Wildman–Crippen MR) is 123 cm³/mol. The van der Waals surface area contributed by atoms with E-state index in [1.54, 1.807) is 30.3 Å². The summed E-state index contributed by atoms with van der Waals surface area (Å²) in [6.45, 7) is 4.16. The molecule has 0 atom stereocenters. The van der Waals surface area contributed by atoms with E-state index in [4.69, 9.17) is 0 Å². The molecule has 6 nitrogen and oxygen atoms in total. The second-order valence-corrected chi connectivity index (χ2v) is 9.56. The van der Waals surface area contributed by atoms with E-state index in [-0.39, 0.29) is 17.3 Å². The van der Waals surface area contributed by atoms with Crippen LogP contribution in [-0.4, -0.2) is 37.3 Å². The molecular weight excluding hydrogens is 410 g/mol. The van der Waals surface area contributed by atoms with Gasteiger partial charge in [0.25, 0.3) is 0 Å². The SMILES string of the molecule is Cc1cc(C=CC(=O)NCc2ccccc2S(=O)(=O)N(C)C)c(C)n1-c1ccccc1. The van der Waals surface area contributed by atoms with Crippen LogP contribution >= 0.6 is 0 Å². The first-order chi connectivity index (χ1) is 14.7. The van der Waals surface area contributed by atoms with Gasteiger partial charge in [0.2, 0.25) is 15.9 Å². The van der Waals surface area contributed by atoms with E-state index in [1.807, 2.05) is 50.2 Å². The highest BCUT2D eigenvalue weighted by atomic mass is 32.2. The van der Waals surface area contributed by atoms with Crippen molar-refractivity contribution in [3.8, 4) is 5.69 Å². The lowest BCUT2D eigenvalue weighted by Gasteiger charge is -2.15. The number of carbonyl (C=O) groups excluding carboxylic acids is 1. The molecular formula is C24H27N3O3S. The molecule has 31 heavy (non-hydrogen) atoms. The lowest BCUT2D eigenvalue weighted by atomic mass is 10.2. The Kier molecular flexibility index (Phi) is 6.77. The van der Waals surface area contributed by atoms with Crippen LogP contribution in [0.1, 0.15) is 22.5 Å². The first kappa shape index (κ1) is 22.5. The van der Waals surface area contributed by atoms with Gasteiger partial charge in [0.1, 0.15) is 0 Å². The van der Waals surface area contributed by atoms with E-state index in [9.17, 15) is 13.2 Å². The van der Waals surface area contributed by atoms with Gasteiger partial charge in [-0.2, -0.15) is 0 Å². The van der Waals surface area contributed by atoms with E-state index in [2.05, 4.69) is 9.88 Å². The minimum Gasteiger partial charge on any atom is -0.348 e. The zero-order valence-electron chi connectivity index (χ0n) is 18.2. The highest BCUT2D eigenvalue weighted by Gasteiger charge is 2.20. The number of sulfonamides is 1. The van der Waals surface area contributed by atoms with Crippen LogP contribution in [0, 0.1) is 13.8 Å². The minimum absolute atomic E-state index is 0.120. The number of hydrogen-bond donors (Lipinski definition) is 1. The third kappa shape index (κ3) is 4.95. The Hall–Kier alpha value is -3.16. The molecule has 7 heteroatoms. The van der Waals surface area contributed by atoms with Crippen molar-refractivity contribution in [2.45, 2.75) is 25.3 Å². The molecule has 0 aliphatic rings. The second kappa shape index (κ2) is 9.32. The van der Waals surface area contributed by atoms with Gasteiger partial charge >= 0.3 is 0 Å². The Bertz CT molecular complexity index is 1210. The number of hydrogen-bond acceptors (Lipinski definition) is 3. The first-order valence-electron chi connectivity index (χ1n) is 9.92. The number of nitrogens with zero attached hydrogens (tertiary/aromatic N) is 2. The van der Waals surface area contributed by atoms with Gasteiger partial charge in [-0.3, -0.25) is 4.79 Å². The van der Waals surface area contributed by atoms with Crippen LogP contribution in [0.2, 0.25) is 0 Å². The topological polar surface area (TPSA) is 71.4 Å². The summed E-state index contributed by atoms with van der Waals surface area (Å²) in [5.74, 6) is -0.290. The highest BCUT2D eigenvalue weighted by Crippen LogP contribution is 2.22. The Balaban J connectivity index is 1.74. The fourth-order valence-electron chi connectivity index (χ4n) is 3.44. The second-order valence-electron chi connectivity index (χ2n) is 7.44. The summed E-state index contributed by atoms with van der Waals surface area (Å²) >= 11 is 0. The van der Waals surface area contributed by atoms with Crippen LogP contribution in [0.4, 0.5) is 0 Å². The van der Waals surface area contributed by atoms with E-state index in [0.29, 0.717) is 5.56 Å². The quantitative estimate of drug-likeness (QED) is 0.573. The number of para-hydroxylation sites is 1. The van der Waals surface area contributed by atoms with E-state index >= 15 is 0 Å². The largest absolute Gasteiger partial charge is 0.348 e. The van der Waals surface area contributed by atoms with Gasteiger partial charge in [0.15, 0.2) is 0 Å². The molecule has 1 amide bonds. The van der Waals surface area contributed by atoms with Gasteiger partial charge < -0.3 is 9.88 Å². The first-order valence-corrected chi connectivity index (χ1v) is 11.4. The average Bonchev–Trinajstić information content (AvgIpc) is 3.04.